The first-order chi connectivity index (χ1) is 20.3. The number of anilines is 6. The Bertz CT molecular complexity index is 1900. The van der Waals surface area contributed by atoms with Gasteiger partial charge in [0.05, 0.1) is 6.20 Å². The minimum Gasteiger partial charge on any atom is -0.311 e. The molecule has 192 valence electrons. The maximum absolute atomic E-state index is 10.0. The number of rotatable bonds is 2. The quantitative estimate of drug-likeness (QED) is 0.278. The van der Waals surface area contributed by atoms with Gasteiger partial charge < -0.3 is 9.80 Å². The fraction of sp³-hybridized carbons (Fsp3) is 0. The molecule has 0 aliphatic carbocycles. The molecule has 0 bridgehead atoms. The van der Waals surface area contributed by atoms with Gasteiger partial charge in [0, 0.05) is 28.4 Å². The molecule has 0 radical (unpaired) electrons. The fourth-order valence-corrected chi connectivity index (χ4v) is 12.2. The van der Waals surface area contributed by atoms with Crippen molar-refractivity contribution in [3.8, 4) is 6.07 Å². The number of aromatic nitrogens is 2. The van der Waals surface area contributed by atoms with Crippen molar-refractivity contribution in [2.75, 3.05) is 9.80 Å². The van der Waals surface area contributed by atoms with Crippen LogP contribution in [-0.4, -0.2) is 18.0 Å². The molecular formula is C35H23N5Si. The van der Waals surface area contributed by atoms with Gasteiger partial charge in [0.15, 0.2) is 13.8 Å². The molecule has 0 amide bonds. The van der Waals surface area contributed by atoms with E-state index in [1.807, 2.05) is 0 Å². The summed E-state index contributed by atoms with van der Waals surface area (Å²) in [7, 11) is -2.84. The molecule has 0 atom stereocenters. The molecule has 6 aromatic rings. The van der Waals surface area contributed by atoms with Crippen LogP contribution in [0.1, 0.15) is 5.69 Å². The van der Waals surface area contributed by atoms with E-state index in [1.165, 1.54) is 38.4 Å². The van der Waals surface area contributed by atoms with Crippen molar-refractivity contribution in [2.45, 2.75) is 0 Å². The van der Waals surface area contributed by atoms with Gasteiger partial charge in [-0.15, -0.1) is 0 Å². The van der Waals surface area contributed by atoms with E-state index in [0.717, 1.165) is 17.1 Å². The summed E-state index contributed by atoms with van der Waals surface area (Å²) in [6.45, 7) is 0. The lowest BCUT2D eigenvalue weighted by Crippen LogP contribution is -2.79. The summed E-state index contributed by atoms with van der Waals surface area (Å²) in [6, 6.07) is 48.0. The highest BCUT2D eigenvalue weighted by Crippen LogP contribution is 2.43. The van der Waals surface area contributed by atoms with Gasteiger partial charge in [-0.05, 0) is 57.1 Å². The molecule has 0 N–H and O–H groups in total. The number of hydrogen-bond donors (Lipinski definition) is 0. The maximum Gasteiger partial charge on any atom is 0.188 e. The molecule has 1 spiro atoms. The van der Waals surface area contributed by atoms with Crippen molar-refractivity contribution < 1.29 is 0 Å². The molecule has 6 heteroatoms. The van der Waals surface area contributed by atoms with Crippen LogP contribution >= 0.6 is 0 Å². The Hall–Kier alpha value is -5.51. The third-order valence-electron chi connectivity index (χ3n) is 8.25. The first-order valence-corrected chi connectivity index (χ1v) is 15.6. The first kappa shape index (κ1) is 23.4. The lowest BCUT2D eigenvalue weighted by molar-refractivity contribution is 1.11. The number of nitriles is 1. The zero-order valence-electron chi connectivity index (χ0n) is 22.0. The second kappa shape index (κ2) is 9.02. The van der Waals surface area contributed by atoms with Crippen LogP contribution in [0.5, 0.6) is 0 Å². The van der Waals surface area contributed by atoms with Crippen LogP contribution < -0.4 is 30.5 Å². The Balaban J connectivity index is 1.53. The molecule has 3 heterocycles. The number of para-hydroxylation sites is 5. The molecule has 5 nitrogen and oxygen atoms in total. The lowest BCUT2D eigenvalue weighted by Gasteiger charge is -2.49. The summed E-state index contributed by atoms with van der Waals surface area (Å²) in [5, 5.41) is 15.3. The molecule has 2 aliphatic rings. The van der Waals surface area contributed by atoms with Crippen molar-refractivity contribution in [1.82, 2.24) is 9.97 Å². The van der Waals surface area contributed by atoms with Crippen molar-refractivity contribution in [3.05, 3.63) is 146 Å². The van der Waals surface area contributed by atoms with Gasteiger partial charge in [-0.3, -0.25) is 0 Å². The molecule has 0 saturated heterocycles. The van der Waals surface area contributed by atoms with Crippen LogP contribution in [0.25, 0.3) is 0 Å². The summed E-state index contributed by atoms with van der Waals surface area (Å²) < 4.78 is 0. The Kier molecular flexibility index (Phi) is 5.14. The summed E-state index contributed by atoms with van der Waals surface area (Å²) in [5.41, 5.74) is 6.67. The highest BCUT2D eigenvalue weighted by atomic mass is 28.3. The minimum absolute atomic E-state index is 0.349. The molecule has 1 aromatic heterocycles. The van der Waals surface area contributed by atoms with Crippen molar-refractivity contribution >= 4 is 62.9 Å². The second-order valence-electron chi connectivity index (χ2n) is 10.2. The van der Waals surface area contributed by atoms with E-state index in [4.69, 9.17) is 0 Å². The van der Waals surface area contributed by atoms with E-state index >= 15 is 0 Å². The van der Waals surface area contributed by atoms with E-state index in [9.17, 15) is 5.26 Å². The Morgan fingerprint density at radius 2 is 0.951 bits per heavy atom. The van der Waals surface area contributed by atoms with Crippen molar-refractivity contribution in [2.24, 2.45) is 0 Å². The predicted molar refractivity (Wildman–Crippen MR) is 167 cm³/mol. The van der Waals surface area contributed by atoms with E-state index in [2.05, 4.69) is 153 Å². The topological polar surface area (TPSA) is 56.1 Å². The zero-order valence-corrected chi connectivity index (χ0v) is 23.0. The lowest BCUT2D eigenvalue weighted by atomic mass is 10.1. The summed E-state index contributed by atoms with van der Waals surface area (Å²) in [6.07, 6.45) is 3.18. The monoisotopic (exact) mass is 541 g/mol. The summed E-state index contributed by atoms with van der Waals surface area (Å²) in [5.74, 6) is 0. The predicted octanol–water partition coefficient (Wildman–Crippen LogP) is 5.29. The highest BCUT2D eigenvalue weighted by molar-refractivity contribution is 7.23. The maximum atomic E-state index is 10.0. The standard InChI is InChI=1S/C35H23N5Si/c36-22-26-31(23-37-24-38-26)40-29-16-6-10-20-34(29)41(35-21-11-7-17-30(35)40)32-18-8-4-14-27(32)39(25-12-2-1-3-13-25)28-15-5-9-19-33(28)41/h1-21,23-24H. The SMILES string of the molecule is N#Cc1ncncc1N1c2ccccc2[Si]2(c3ccccc3N(c3ccccc3)c3ccccc32)c2ccccc21. The van der Waals surface area contributed by atoms with E-state index in [1.54, 1.807) is 6.20 Å². The average Bonchev–Trinajstić information content (AvgIpc) is 3.05. The Labute approximate surface area is 239 Å². The van der Waals surface area contributed by atoms with Gasteiger partial charge in [0.25, 0.3) is 0 Å². The van der Waals surface area contributed by atoms with Crippen molar-refractivity contribution in [3.63, 3.8) is 0 Å². The molecule has 2 aliphatic heterocycles. The van der Waals surface area contributed by atoms with Gasteiger partial charge in [0.2, 0.25) is 0 Å². The number of nitrogens with zero attached hydrogens (tertiary/aromatic N) is 5. The normalized spacial score (nSPS) is 13.9. The highest BCUT2D eigenvalue weighted by Gasteiger charge is 2.53. The average molecular weight is 542 g/mol. The third kappa shape index (κ3) is 3.15. The van der Waals surface area contributed by atoms with Crippen molar-refractivity contribution in [1.29, 1.82) is 5.26 Å². The van der Waals surface area contributed by atoms with Crippen LogP contribution in [0.3, 0.4) is 0 Å². The fourth-order valence-electron chi connectivity index (χ4n) is 6.76. The largest absolute Gasteiger partial charge is 0.311 e. The van der Waals surface area contributed by atoms with Crippen LogP contribution in [0.15, 0.2) is 140 Å². The van der Waals surface area contributed by atoms with Gasteiger partial charge in [0.1, 0.15) is 18.1 Å². The molecule has 0 saturated carbocycles. The van der Waals surface area contributed by atoms with Gasteiger partial charge >= 0.3 is 0 Å². The van der Waals surface area contributed by atoms with Crippen LogP contribution in [0.4, 0.5) is 34.1 Å². The molecule has 0 unspecified atom stereocenters. The second-order valence-corrected chi connectivity index (χ2v) is 13.8. The Morgan fingerprint density at radius 3 is 1.44 bits per heavy atom. The zero-order chi connectivity index (χ0) is 27.4. The smallest absolute Gasteiger partial charge is 0.188 e. The molecular weight excluding hydrogens is 519 g/mol. The van der Waals surface area contributed by atoms with Crippen LogP contribution in [-0.2, 0) is 0 Å². The summed E-state index contributed by atoms with van der Waals surface area (Å²) in [4.78, 5) is 13.2. The molecule has 0 fully saturated rings. The molecule has 8 rings (SSSR count). The van der Waals surface area contributed by atoms with E-state index in [0.29, 0.717) is 11.4 Å². The van der Waals surface area contributed by atoms with E-state index < -0.39 is 8.07 Å². The number of hydrogen-bond acceptors (Lipinski definition) is 5. The third-order valence-corrected chi connectivity index (χ3v) is 13.2. The molecule has 5 aromatic carbocycles. The Morgan fingerprint density at radius 1 is 0.512 bits per heavy atom. The van der Waals surface area contributed by atoms with Gasteiger partial charge in [-0.1, -0.05) is 91.0 Å². The van der Waals surface area contributed by atoms with Crippen LogP contribution in [0, 0.1) is 11.3 Å². The van der Waals surface area contributed by atoms with E-state index in [-0.39, 0.29) is 0 Å². The number of benzene rings is 5. The first-order valence-electron chi connectivity index (χ1n) is 13.6. The molecule has 41 heavy (non-hydrogen) atoms. The minimum atomic E-state index is -2.84. The van der Waals surface area contributed by atoms with Gasteiger partial charge in [-0.25, -0.2) is 9.97 Å². The van der Waals surface area contributed by atoms with Crippen LogP contribution in [0.2, 0.25) is 0 Å². The van der Waals surface area contributed by atoms with Gasteiger partial charge in [-0.2, -0.15) is 5.26 Å². The summed E-state index contributed by atoms with van der Waals surface area (Å²) >= 11 is 0. The number of fused-ring (bicyclic) bond motifs is 8.